The maximum absolute atomic E-state index is 9.05. The normalized spacial score (nSPS) is 10.7. The summed E-state index contributed by atoms with van der Waals surface area (Å²) in [5.41, 5.74) is 2.04. The van der Waals surface area contributed by atoms with Crippen LogP contribution in [0.5, 0.6) is 11.5 Å². The summed E-state index contributed by atoms with van der Waals surface area (Å²) < 4.78 is 16.5. The topological polar surface area (TPSA) is 90.5 Å². The molecule has 0 amide bonds. The molecule has 1 aromatic carbocycles. The van der Waals surface area contributed by atoms with Crippen LogP contribution in [-0.2, 0) is 6.61 Å². The first kappa shape index (κ1) is 16.9. The minimum Gasteiger partial charge on any atom is -0.490 e. The third-order valence-corrected chi connectivity index (χ3v) is 3.46. The Kier molecular flexibility index (Phi) is 5.25. The van der Waals surface area contributed by atoms with Gasteiger partial charge in [-0.3, -0.25) is 4.98 Å². The molecule has 0 bridgehead atoms. The summed E-state index contributed by atoms with van der Waals surface area (Å²) in [5.74, 6) is 2.12. The van der Waals surface area contributed by atoms with E-state index in [-0.39, 0.29) is 6.61 Å². The number of hydrogen-bond acceptors (Lipinski definition) is 7. The van der Waals surface area contributed by atoms with Gasteiger partial charge in [-0.2, -0.15) is 4.98 Å². The smallest absolute Gasteiger partial charge is 0.258 e. The Morgan fingerprint density at radius 2 is 1.76 bits per heavy atom. The molecule has 0 saturated carbocycles. The zero-order valence-corrected chi connectivity index (χ0v) is 14.1. The molecule has 130 valence electrons. The molecule has 1 N–H and O–H groups in total. The van der Waals surface area contributed by atoms with Crippen molar-refractivity contribution in [3.05, 3.63) is 42.2 Å². The standard InChI is InChI=1S/C18H19N3O4/c1-3-23-15-8-6-12(9-16(15)24-4-2)18-20-17(21-25-18)13-5-7-14(11-22)19-10-13/h5-10,22H,3-4,11H2,1-2H3. The maximum Gasteiger partial charge on any atom is 0.258 e. The van der Waals surface area contributed by atoms with Crippen LogP contribution >= 0.6 is 0 Å². The van der Waals surface area contributed by atoms with Gasteiger partial charge in [0.2, 0.25) is 5.82 Å². The average Bonchev–Trinajstić information content (AvgIpc) is 3.14. The minimum absolute atomic E-state index is 0.107. The number of rotatable bonds is 7. The highest BCUT2D eigenvalue weighted by Crippen LogP contribution is 2.33. The van der Waals surface area contributed by atoms with Gasteiger partial charge in [-0.15, -0.1) is 0 Å². The van der Waals surface area contributed by atoms with E-state index in [9.17, 15) is 0 Å². The van der Waals surface area contributed by atoms with Gasteiger partial charge in [0.1, 0.15) is 0 Å². The van der Waals surface area contributed by atoms with Crippen molar-refractivity contribution in [2.45, 2.75) is 20.5 Å². The third kappa shape index (κ3) is 3.77. The Hall–Kier alpha value is -2.93. The van der Waals surface area contributed by atoms with Crippen molar-refractivity contribution in [2.24, 2.45) is 0 Å². The number of aliphatic hydroxyl groups excluding tert-OH is 1. The Bertz CT molecular complexity index is 831. The Balaban J connectivity index is 1.89. The highest BCUT2D eigenvalue weighted by atomic mass is 16.5. The number of hydrogen-bond donors (Lipinski definition) is 1. The van der Waals surface area contributed by atoms with E-state index in [1.807, 2.05) is 32.0 Å². The van der Waals surface area contributed by atoms with Gasteiger partial charge in [0.05, 0.1) is 25.5 Å². The lowest BCUT2D eigenvalue weighted by molar-refractivity contribution is 0.277. The van der Waals surface area contributed by atoms with Gasteiger partial charge in [-0.1, -0.05) is 5.16 Å². The van der Waals surface area contributed by atoms with Crippen LogP contribution in [0.25, 0.3) is 22.8 Å². The molecule has 0 saturated heterocycles. The molecular formula is C18H19N3O4. The van der Waals surface area contributed by atoms with Crippen molar-refractivity contribution < 1.29 is 19.1 Å². The summed E-state index contributed by atoms with van der Waals surface area (Å²) >= 11 is 0. The zero-order chi connectivity index (χ0) is 17.6. The van der Waals surface area contributed by atoms with E-state index < -0.39 is 0 Å². The first-order valence-corrected chi connectivity index (χ1v) is 8.05. The van der Waals surface area contributed by atoms with E-state index in [4.69, 9.17) is 19.1 Å². The van der Waals surface area contributed by atoms with E-state index in [2.05, 4.69) is 15.1 Å². The number of benzene rings is 1. The highest BCUT2D eigenvalue weighted by Gasteiger charge is 2.14. The average molecular weight is 341 g/mol. The molecule has 2 heterocycles. The number of ether oxygens (including phenoxy) is 2. The second-order valence-electron chi connectivity index (χ2n) is 5.15. The molecule has 2 aromatic heterocycles. The van der Waals surface area contributed by atoms with Crippen LogP contribution in [0.3, 0.4) is 0 Å². The number of pyridine rings is 1. The monoisotopic (exact) mass is 341 g/mol. The predicted molar refractivity (Wildman–Crippen MR) is 91.2 cm³/mol. The van der Waals surface area contributed by atoms with Crippen molar-refractivity contribution >= 4 is 0 Å². The number of aromatic nitrogens is 3. The Labute approximate surface area is 145 Å². The Morgan fingerprint density at radius 3 is 2.44 bits per heavy atom. The van der Waals surface area contributed by atoms with E-state index in [0.717, 1.165) is 5.56 Å². The largest absolute Gasteiger partial charge is 0.490 e. The predicted octanol–water partition coefficient (Wildman–Crippen LogP) is 3.09. The molecule has 0 aliphatic heterocycles. The van der Waals surface area contributed by atoms with Crippen LogP contribution < -0.4 is 9.47 Å². The molecule has 25 heavy (non-hydrogen) atoms. The second-order valence-corrected chi connectivity index (χ2v) is 5.15. The summed E-state index contributed by atoms with van der Waals surface area (Å²) in [6.45, 7) is 4.81. The van der Waals surface area contributed by atoms with Gasteiger partial charge >= 0.3 is 0 Å². The van der Waals surface area contributed by atoms with Crippen molar-refractivity contribution in [3.63, 3.8) is 0 Å². The molecule has 3 rings (SSSR count). The van der Waals surface area contributed by atoms with Gasteiger partial charge in [0, 0.05) is 17.3 Å². The van der Waals surface area contributed by atoms with Gasteiger partial charge < -0.3 is 19.1 Å². The van der Waals surface area contributed by atoms with Crippen LogP contribution in [0.15, 0.2) is 41.1 Å². The van der Waals surface area contributed by atoms with Gasteiger partial charge in [-0.05, 0) is 44.2 Å². The summed E-state index contributed by atoms with van der Waals surface area (Å²) in [6.07, 6.45) is 1.60. The summed E-state index contributed by atoms with van der Waals surface area (Å²) in [7, 11) is 0. The lowest BCUT2D eigenvalue weighted by Gasteiger charge is -2.11. The molecule has 0 aliphatic rings. The van der Waals surface area contributed by atoms with Crippen LogP contribution in [-0.4, -0.2) is 33.4 Å². The SMILES string of the molecule is CCOc1ccc(-c2nc(-c3ccc(CO)nc3)no2)cc1OCC. The Morgan fingerprint density at radius 1 is 1.00 bits per heavy atom. The van der Waals surface area contributed by atoms with Crippen molar-refractivity contribution in [1.82, 2.24) is 15.1 Å². The molecule has 3 aromatic rings. The van der Waals surface area contributed by atoms with E-state index in [1.54, 1.807) is 18.3 Å². The molecule has 0 radical (unpaired) electrons. The fraction of sp³-hybridized carbons (Fsp3) is 0.278. The second kappa shape index (κ2) is 7.76. The molecule has 0 aliphatic carbocycles. The summed E-state index contributed by atoms with van der Waals surface area (Å²) in [5, 5.41) is 13.0. The molecule has 7 heteroatoms. The molecule has 0 fully saturated rings. The summed E-state index contributed by atoms with van der Waals surface area (Å²) in [6, 6.07) is 8.99. The molecule has 7 nitrogen and oxygen atoms in total. The van der Waals surface area contributed by atoms with Crippen LogP contribution in [0, 0.1) is 0 Å². The third-order valence-electron chi connectivity index (χ3n) is 3.46. The lowest BCUT2D eigenvalue weighted by atomic mass is 10.2. The molecule has 0 atom stereocenters. The van der Waals surface area contributed by atoms with Crippen LogP contribution in [0.2, 0.25) is 0 Å². The first-order chi connectivity index (χ1) is 12.2. The summed E-state index contributed by atoms with van der Waals surface area (Å²) in [4.78, 5) is 8.52. The molecular weight excluding hydrogens is 322 g/mol. The maximum atomic E-state index is 9.05. The van der Waals surface area contributed by atoms with Gasteiger partial charge in [-0.25, -0.2) is 0 Å². The number of nitrogens with zero attached hydrogens (tertiary/aromatic N) is 3. The highest BCUT2D eigenvalue weighted by molar-refractivity contribution is 5.62. The zero-order valence-electron chi connectivity index (χ0n) is 14.1. The first-order valence-electron chi connectivity index (χ1n) is 8.05. The van der Waals surface area contributed by atoms with Crippen molar-refractivity contribution in [3.8, 4) is 34.3 Å². The van der Waals surface area contributed by atoms with E-state index in [1.165, 1.54) is 0 Å². The van der Waals surface area contributed by atoms with Crippen LogP contribution in [0.4, 0.5) is 0 Å². The van der Waals surface area contributed by atoms with Crippen molar-refractivity contribution in [1.29, 1.82) is 0 Å². The number of aliphatic hydroxyl groups is 1. The van der Waals surface area contributed by atoms with Crippen molar-refractivity contribution in [2.75, 3.05) is 13.2 Å². The van der Waals surface area contributed by atoms with Gasteiger partial charge in [0.25, 0.3) is 5.89 Å². The minimum atomic E-state index is -0.107. The molecule has 0 unspecified atom stereocenters. The quantitative estimate of drug-likeness (QED) is 0.706. The van der Waals surface area contributed by atoms with Crippen LogP contribution in [0.1, 0.15) is 19.5 Å². The molecule has 0 spiro atoms. The lowest BCUT2D eigenvalue weighted by Crippen LogP contribution is -1.98. The van der Waals surface area contributed by atoms with E-state index in [0.29, 0.717) is 47.7 Å². The van der Waals surface area contributed by atoms with Gasteiger partial charge in [0.15, 0.2) is 11.5 Å². The fourth-order valence-electron chi connectivity index (χ4n) is 2.29. The van der Waals surface area contributed by atoms with E-state index >= 15 is 0 Å². The fourth-order valence-corrected chi connectivity index (χ4v) is 2.29.